The molecular formula is C21H22N6O6S. The maximum atomic E-state index is 12.5. The second-order valence-electron chi connectivity index (χ2n) is 6.98. The Kier molecular flexibility index (Phi) is 8.16. The first-order chi connectivity index (χ1) is 16.3. The predicted octanol–water partition coefficient (Wildman–Crippen LogP) is 1.93. The number of non-ortho nitro benzene ring substituents is 1. The molecule has 1 aromatic heterocycles. The van der Waals surface area contributed by atoms with Crippen molar-refractivity contribution in [3.8, 4) is 5.75 Å². The Bertz CT molecular complexity index is 1170. The van der Waals surface area contributed by atoms with E-state index in [2.05, 4.69) is 20.8 Å². The number of hydrogen-bond donors (Lipinski definition) is 3. The Morgan fingerprint density at radius 1 is 1.18 bits per heavy atom. The normalized spacial score (nSPS) is 11.5. The molecule has 2 amide bonds. The fourth-order valence-corrected chi connectivity index (χ4v) is 3.64. The number of amides is 2. The van der Waals surface area contributed by atoms with Gasteiger partial charge in [-0.3, -0.25) is 19.7 Å². The zero-order valence-electron chi connectivity index (χ0n) is 18.3. The number of aliphatic hydroxyl groups is 1. The van der Waals surface area contributed by atoms with Crippen LogP contribution >= 0.6 is 11.8 Å². The van der Waals surface area contributed by atoms with Crippen LogP contribution in [0.1, 0.15) is 22.2 Å². The first kappa shape index (κ1) is 24.7. The minimum Gasteiger partial charge on any atom is -0.497 e. The van der Waals surface area contributed by atoms with Gasteiger partial charge in [-0.05, 0) is 36.4 Å². The van der Waals surface area contributed by atoms with E-state index < -0.39 is 23.5 Å². The van der Waals surface area contributed by atoms with E-state index in [-0.39, 0.29) is 17.3 Å². The maximum absolute atomic E-state index is 12.5. The first-order valence-electron chi connectivity index (χ1n) is 9.94. The Hall–Kier alpha value is -3.97. The van der Waals surface area contributed by atoms with Crippen molar-refractivity contribution >= 4 is 35.0 Å². The molecule has 3 aromatic rings. The van der Waals surface area contributed by atoms with Crippen LogP contribution in [0.3, 0.4) is 0 Å². The molecule has 178 valence electrons. The number of carbonyl (C=O) groups excluding carboxylic acids is 2. The number of hydrogen-bond acceptors (Lipinski definition) is 9. The minimum absolute atomic E-state index is 0.00492. The number of ether oxygens (including phenoxy) is 1. The van der Waals surface area contributed by atoms with Crippen molar-refractivity contribution in [2.24, 2.45) is 7.05 Å². The van der Waals surface area contributed by atoms with Crippen LogP contribution in [0.4, 0.5) is 11.4 Å². The summed E-state index contributed by atoms with van der Waals surface area (Å²) in [5.74, 6) is 0.201. The van der Waals surface area contributed by atoms with E-state index in [4.69, 9.17) is 4.74 Å². The number of aliphatic hydroxyl groups excluding tert-OH is 1. The van der Waals surface area contributed by atoms with Crippen LogP contribution in [0.25, 0.3) is 0 Å². The van der Waals surface area contributed by atoms with E-state index in [9.17, 15) is 24.8 Å². The topological polar surface area (TPSA) is 162 Å². The summed E-state index contributed by atoms with van der Waals surface area (Å²) in [6.07, 6.45) is 0. The van der Waals surface area contributed by atoms with Crippen LogP contribution in [0.5, 0.6) is 5.75 Å². The van der Waals surface area contributed by atoms with Gasteiger partial charge in [0.1, 0.15) is 11.8 Å². The molecule has 0 radical (unpaired) electrons. The lowest BCUT2D eigenvalue weighted by Crippen LogP contribution is -2.32. The highest BCUT2D eigenvalue weighted by Crippen LogP contribution is 2.21. The van der Waals surface area contributed by atoms with Crippen molar-refractivity contribution in [3.05, 3.63) is 70.0 Å². The van der Waals surface area contributed by atoms with Crippen LogP contribution in [-0.4, -0.2) is 56.1 Å². The molecule has 0 unspecified atom stereocenters. The van der Waals surface area contributed by atoms with Gasteiger partial charge in [-0.25, -0.2) is 0 Å². The molecule has 34 heavy (non-hydrogen) atoms. The molecule has 13 heteroatoms. The molecule has 0 aliphatic rings. The molecule has 0 aliphatic carbocycles. The zero-order chi connectivity index (χ0) is 24.7. The number of methoxy groups -OCH3 is 1. The fraction of sp³-hybridized carbons (Fsp3) is 0.238. The third-order valence-electron chi connectivity index (χ3n) is 4.71. The van der Waals surface area contributed by atoms with E-state index in [1.165, 1.54) is 31.4 Å². The fourth-order valence-electron chi connectivity index (χ4n) is 2.92. The van der Waals surface area contributed by atoms with Gasteiger partial charge in [-0.1, -0.05) is 11.8 Å². The molecule has 0 saturated heterocycles. The van der Waals surface area contributed by atoms with E-state index in [0.29, 0.717) is 28.0 Å². The maximum Gasteiger partial charge on any atom is 0.269 e. The zero-order valence-corrected chi connectivity index (χ0v) is 19.1. The second-order valence-corrected chi connectivity index (χ2v) is 7.92. The van der Waals surface area contributed by atoms with Crippen molar-refractivity contribution < 1.29 is 24.4 Å². The molecule has 3 N–H and O–H groups in total. The van der Waals surface area contributed by atoms with E-state index in [1.807, 2.05) is 0 Å². The van der Waals surface area contributed by atoms with Gasteiger partial charge in [0, 0.05) is 30.4 Å². The SMILES string of the molecule is COc1ccc(C(=O)N[C@@H](CO)c2nnc(SCC(=O)Nc3ccc([N+](=O)[O-])cc3)n2C)cc1. The quantitative estimate of drug-likeness (QED) is 0.221. The molecule has 0 saturated carbocycles. The van der Waals surface area contributed by atoms with Crippen molar-refractivity contribution in [1.82, 2.24) is 20.1 Å². The Balaban J connectivity index is 1.59. The average molecular weight is 487 g/mol. The van der Waals surface area contributed by atoms with Gasteiger partial charge >= 0.3 is 0 Å². The van der Waals surface area contributed by atoms with Crippen LogP contribution in [0.2, 0.25) is 0 Å². The lowest BCUT2D eigenvalue weighted by atomic mass is 10.2. The molecule has 3 rings (SSSR count). The van der Waals surface area contributed by atoms with Gasteiger partial charge in [0.15, 0.2) is 11.0 Å². The summed E-state index contributed by atoms with van der Waals surface area (Å²) in [6, 6.07) is 11.2. The van der Waals surface area contributed by atoms with E-state index in [1.54, 1.807) is 35.9 Å². The standard InChI is InChI=1S/C21H22N6O6S/c1-26-19(17(11-28)23-20(30)13-3-9-16(33-2)10-4-13)24-25-21(26)34-12-18(29)22-14-5-7-15(8-6-14)27(31)32/h3-10,17,28H,11-12H2,1-2H3,(H,22,29)(H,23,30)/t17-/m0/s1. The molecule has 0 spiro atoms. The van der Waals surface area contributed by atoms with Gasteiger partial charge in [0.25, 0.3) is 11.6 Å². The number of nitro benzene ring substituents is 1. The number of anilines is 1. The molecular weight excluding hydrogens is 464 g/mol. The lowest BCUT2D eigenvalue weighted by Gasteiger charge is -2.16. The highest BCUT2D eigenvalue weighted by atomic mass is 32.2. The monoisotopic (exact) mass is 486 g/mol. The number of aromatic nitrogens is 3. The van der Waals surface area contributed by atoms with Crippen LogP contribution in [0.15, 0.2) is 53.7 Å². The number of nitrogens with one attached hydrogen (secondary N) is 2. The summed E-state index contributed by atoms with van der Waals surface area (Å²) in [5, 5.41) is 34.4. The minimum atomic E-state index is -0.810. The summed E-state index contributed by atoms with van der Waals surface area (Å²) in [5.41, 5.74) is 0.742. The summed E-state index contributed by atoms with van der Waals surface area (Å²) in [6.45, 7) is -0.404. The van der Waals surface area contributed by atoms with Gasteiger partial charge in [0.2, 0.25) is 5.91 Å². The molecule has 1 atom stereocenters. The lowest BCUT2D eigenvalue weighted by molar-refractivity contribution is -0.384. The number of rotatable bonds is 10. The van der Waals surface area contributed by atoms with Gasteiger partial charge in [-0.2, -0.15) is 0 Å². The van der Waals surface area contributed by atoms with E-state index >= 15 is 0 Å². The molecule has 0 bridgehead atoms. The summed E-state index contributed by atoms with van der Waals surface area (Å²) in [4.78, 5) is 35.0. The third kappa shape index (κ3) is 6.08. The molecule has 2 aromatic carbocycles. The Morgan fingerprint density at radius 2 is 1.85 bits per heavy atom. The third-order valence-corrected chi connectivity index (χ3v) is 5.73. The second kappa shape index (κ2) is 11.2. The average Bonchev–Trinajstić information content (AvgIpc) is 3.21. The number of nitrogens with zero attached hydrogens (tertiary/aromatic N) is 4. The summed E-state index contributed by atoms with van der Waals surface area (Å²) >= 11 is 1.11. The highest BCUT2D eigenvalue weighted by molar-refractivity contribution is 7.99. The Labute approximate surface area is 198 Å². The van der Waals surface area contributed by atoms with Crippen molar-refractivity contribution in [2.75, 3.05) is 24.8 Å². The molecule has 0 aliphatic heterocycles. The van der Waals surface area contributed by atoms with Crippen molar-refractivity contribution in [3.63, 3.8) is 0 Å². The van der Waals surface area contributed by atoms with Crippen molar-refractivity contribution in [1.29, 1.82) is 0 Å². The molecule has 12 nitrogen and oxygen atoms in total. The van der Waals surface area contributed by atoms with Crippen LogP contribution in [0, 0.1) is 10.1 Å². The van der Waals surface area contributed by atoms with Crippen LogP contribution in [-0.2, 0) is 11.8 Å². The number of carbonyl (C=O) groups is 2. The van der Waals surface area contributed by atoms with Crippen LogP contribution < -0.4 is 15.4 Å². The van der Waals surface area contributed by atoms with Gasteiger partial charge in [0.05, 0.1) is 24.4 Å². The summed E-state index contributed by atoms with van der Waals surface area (Å²) in [7, 11) is 3.19. The largest absolute Gasteiger partial charge is 0.497 e. The first-order valence-corrected chi connectivity index (χ1v) is 10.9. The predicted molar refractivity (Wildman–Crippen MR) is 124 cm³/mol. The number of nitro groups is 1. The number of benzene rings is 2. The molecule has 0 fully saturated rings. The molecule has 1 heterocycles. The van der Waals surface area contributed by atoms with Gasteiger partial charge in [-0.15, -0.1) is 10.2 Å². The highest BCUT2D eigenvalue weighted by Gasteiger charge is 2.22. The Morgan fingerprint density at radius 3 is 2.44 bits per heavy atom. The van der Waals surface area contributed by atoms with Crippen molar-refractivity contribution in [2.45, 2.75) is 11.2 Å². The summed E-state index contributed by atoms with van der Waals surface area (Å²) < 4.78 is 6.66. The van der Waals surface area contributed by atoms with Gasteiger partial charge < -0.3 is 25.0 Å². The smallest absolute Gasteiger partial charge is 0.269 e. The number of thioether (sulfide) groups is 1. The van der Waals surface area contributed by atoms with E-state index in [0.717, 1.165) is 11.8 Å².